The van der Waals surface area contributed by atoms with Gasteiger partial charge in [0, 0.05) is 65.6 Å². The molecule has 27 nitrogen and oxygen atoms in total. The monoisotopic (exact) mass is 1230 g/mol. The normalized spacial score (nSPS) is 21.2. The molecular weight excluding hydrogens is 1130 g/mol. The number of amides is 9. The number of rotatable bonds is 21. The van der Waals surface area contributed by atoms with Crippen LogP contribution in [0.25, 0.3) is 0 Å². The van der Waals surface area contributed by atoms with Crippen LogP contribution in [0.3, 0.4) is 0 Å². The van der Waals surface area contributed by atoms with Crippen LogP contribution in [-0.2, 0) is 78.1 Å². The van der Waals surface area contributed by atoms with Gasteiger partial charge in [-0.05, 0) is 76.2 Å². The second-order valence-corrected chi connectivity index (χ2v) is 22.9. The molecule has 0 bridgehead atoms. The van der Waals surface area contributed by atoms with Gasteiger partial charge in [0.25, 0.3) is 11.8 Å². The molecule has 2 heterocycles. The second kappa shape index (κ2) is 36.8. The number of anilines is 1. The molecule has 27 heteroatoms. The van der Waals surface area contributed by atoms with Crippen LogP contribution in [0, 0.1) is 35.5 Å². The molecule has 0 aliphatic carbocycles. The Morgan fingerprint density at radius 1 is 0.793 bits per heavy atom. The molecule has 2 aliphatic rings. The van der Waals surface area contributed by atoms with E-state index >= 15 is 0 Å². The van der Waals surface area contributed by atoms with E-state index in [2.05, 4.69) is 49.1 Å². The molecule has 1 saturated heterocycles. The summed E-state index contributed by atoms with van der Waals surface area (Å²) in [6, 6.07) is -2.35. The first-order chi connectivity index (χ1) is 41.1. The Hall–Kier alpha value is -7.25. The summed E-state index contributed by atoms with van der Waals surface area (Å²) in [4.78, 5) is 151. The zero-order valence-corrected chi connectivity index (χ0v) is 53.0. The third-order valence-corrected chi connectivity index (χ3v) is 15.3. The number of benzene rings is 1. The van der Waals surface area contributed by atoms with Crippen molar-refractivity contribution in [2.75, 3.05) is 86.7 Å². The Bertz CT molecular complexity index is 2600. The van der Waals surface area contributed by atoms with Crippen molar-refractivity contribution in [3.8, 4) is 17.6 Å². The number of fused-ring (bicyclic) bond motifs is 1. The topological polar surface area (TPSA) is 348 Å². The number of carboxylic acids is 1. The molecule has 1 fully saturated rings. The maximum absolute atomic E-state index is 14.5. The second-order valence-electron chi connectivity index (χ2n) is 22.9. The summed E-state index contributed by atoms with van der Waals surface area (Å²) in [6.45, 7) is 16.0. The number of methoxy groups -OCH3 is 2. The average molecular weight is 1230 g/mol. The highest BCUT2D eigenvalue weighted by molar-refractivity contribution is 6.03. The largest absolute Gasteiger partial charge is 0.480 e. The number of carboxylic acid groups (broad SMARTS) is 1. The molecule has 87 heavy (non-hydrogen) atoms. The highest BCUT2D eigenvalue weighted by Crippen LogP contribution is 2.31. The number of esters is 1. The smallest absolute Gasteiger partial charge is 0.326 e. The number of likely N-dealkylation sites (N-methyl/N-ethyl adjacent to an activating group) is 2. The number of nitrogens with one attached hydrogen (secondary N) is 7. The summed E-state index contributed by atoms with van der Waals surface area (Å²) in [6.07, 6.45) is -0.936. The fraction of sp³-hybridized carbons (Fsp3) is 0.683. The van der Waals surface area contributed by atoms with Gasteiger partial charge in [0.1, 0.15) is 24.2 Å². The molecule has 0 unspecified atom stereocenters. The van der Waals surface area contributed by atoms with Gasteiger partial charge in [0.15, 0.2) is 5.75 Å². The number of carbonyl (C=O) groups is 11. The summed E-state index contributed by atoms with van der Waals surface area (Å²) in [5.74, 6) is -4.72. The number of ether oxygens (including phenoxy) is 5. The van der Waals surface area contributed by atoms with Gasteiger partial charge in [-0.1, -0.05) is 61.0 Å². The van der Waals surface area contributed by atoms with Crippen LogP contribution in [0.5, 0.6) is 5.75 Å². The minimum absolute atomic E-state index is 0.0121. The molecule has 486 valence electrons. The number of aliphatic carboxylic acids is 1. The van der Waals surface area contributed by atoms with Gasteiger partial charge in [-0.2, -0.15) is 0 Å². The zero-order chi connectivity index (χ0) is 65.2. The molecule has 0 radical (unpaired) electrons. The van der Waals surface area contributed by atoms with Gasteiger partial charge in [0.2, 0.25) is 41.4 Å². The molecule has 1 aromatic rings. The van der Waals surface area contributed by atoms with Crippen molar-refractivity contribution in [3.05, 3.63) is 23.8 Å². The first-order valence-corrected chi connectivity index (χ1v) is 29.7. The van der Waals surface area contributed by atoms with Crippen LogP contribution in [0.2, 0.25) is 0 Å². The molecule has 2 aliphatic heterocycles. The van der Waals surface area contributed by atoms with Gasteiger partial charge in [-0.3, -0.25) is 52.8 Å². The van der Waals surface area contributed by atoms with Gasteiger partial charge >= 0.3 is 11.9 Å². The molecule has 0 saturated carbocycles. The summed E-state index contributed by atoms with van der Waals surface area (Å²) in [7, 11) is 8.17. The molecule has 3 rings (SSSR count). The zero-order valence-electron chi connectivity index (χ0n) is 53.0. The van der Waals surface area contributed by atoms with E-state index in [1.807, 2.05) is 60.5 Å². The SMILES string of the molecule is CC[C@H](C)[C@@H]([C@@H](CC(=O)N1CCC[C@H]1[C@H](OC)[C@@H](C)C(=O)N[C@@H](Cc1ccc2c(c1)NC(=O)[C@H](C)NC(=O)[C@H](C)NC(=O)CCOCCNC(=O)C#CC(=O)NCCOCCC(=O)O2)C(=O)O)OC)N(C)C(=O)[C@@H](NC(=O)[C@H](C(C)C)N(C)C)C(C)C. The lowest BCUT2D eigenvalue weighted by Crippen LogP contribution is -2.59. The van der Waals surface area contributed by atoms with Gasteiger partial charge in [-0.25, -0.2) is 4.79 Å². The van der Waals surface area contributed by atoms with E-state index in [9.17, 15) is 57.8 Å². The molecule has 8 N–H and O–H groups in total. The highest BCUT2D eigenvalue weighted by atomic mass is 16.5. The molecule has 11 atom stereocenters. The van der Waals surface area contributed by atoms with Crippen LogP contribution < -0.4 is 42.0 Å². The lowest BCUT2D eigenvalue weighted by molar-refractivity contribution is -0.148. The summed E-state index contributed by atoms with van der Waals surface area (Å²) in [5.41, 5.74) is 0.145. The Kier molecular flexibility index (Phi) is 31.3. The van der Waals surface area contributed by atoms with Crippen molar-refractivity contribution in [3.63, 3.8) is 0 Å². The van der Waals surface area contributed by atoms with Crippen LogP contribution >= 0.6 is 0 Å². The Morgan fingerprint density at radius 2 is 1.40 bits per heavy atom. The average Bonchev–Trinajstić information content (AvgIpc) is 3.68. The Morgan fingerprint density at radius 3 is 1.95 bits per heavy atom. The van der Waals surface area contributed by atoms with Crippen molar-refractivity contribution in [1.29, 1.82) is 0 Å². The molecule has 0 aromatic heterocycles. The number of likely N-dealkylation sites (tertiary alicyclic amines) is 1. The number of nitrogens with zero attached hydrogens (tertiary/aromatic N) is 3. The predicted molar refractivity (Wildman–Crippen MR) is 319 cm³/mol. The van der Waals surface area contributed by atoms with E-state index in [-0.39, 0.29) is 118 Å². The molecule has 9 amide bonds. The third kappa shape index (κ3) is 23.4. The molecule has 1 aromatic carbocycles. The number of hydrogen-bond acceptors (Lipinski definition) is 17. The Balaban J connectivity index is 1.84. The maximum atomic E-state index is 14.5. The van der Waals surface area contributed by atoms with E-state index in [1.165, 1.54) is 46.3 Å². The lowest BCUT2D eigenvalue weighted by atomic mass is 9.89. The van der Waals surface area contributed by atoms with Crippen molar-refractivity contribution in [2.45, 2.75) is 162 Å². The van der Waals surface area contributed by atoms with E-state index in [4.69, 9.17) is 23.7 Å². The maximum Gasteiger partial charge on any atom is 0.326 e. The predicted octanol–water partition coefficient (Wildman–Crippen LogP) is 0.362. The van der Waals surface area contributed by atoms with E-state index in [0.717, 1.165) is 0 Å². The lowest BCUT2D eigenvalue weighted by Gasteiger charge is -2.41. The van der Waals surface area contributed by atoms with E-state index < -0.39 is 108 Å². The van der Waals surface area contributed by atoms with Crippen LogP contribution in [0.4, 0.5) is 5.69 Å². The summed E-state index contributed by atoms with van der Waals surface area (Å²) >= 11 is 0. The van der Waals surface area contributed by atoms with Crippen molar-refractivity contribution >= 4 is 70.8 Å². The fourth-order valence-electron chi connectivity index (χ4n) is 10.4. The van der Waals surface area contributed by atoms with Crippen LogP contribution in [-0.4, -0.2) is 221 Å². The quantitative estimate of drug-likeness (QED) is 0.0468. The first-order valence-electron chi connectivity index (χ1n) is 29.7. The number of hydrogen-bond donors (Lipinski definition) is 8. The van der Waals surface area contributed by atoms with Gasteiger partial charge in [-0.15, -0.1) is 0 Å². The van der Waals surface area contributed by atoms with Crippen molar-refractivity contribution < 1.29 is 81.5 Å². The minimum atomic E-state index is -1.56. The van der Waals surface area contributed by atoms with Crippen molar-refractivity contribution in [2.24, 2.45) is 23.7 Å². The summed E-state index contributed by atoms with van der Waals surface area (Å²) in [5, 5.41) is 28.7. The van der Waals surface area contributed by atoms with E-state index in [0.29, 0.717) is 25.8 Å². The van der Waals surface area contributed by atoms with Crippen LogP contribution in [0.15, 0.2) is 18.2 Å². The minimum Gasteiger partial charge on any atom is -0.480 e. The third-order valence-electron chi connectivity index (χ3n) is 15.3. The first kappa shape index (κ1) is 74.0. The number of carbonyl (C=O) groups excluding carboxylic acids is 10. The van der Waals surface area contributed by atoms with Crippen molar-refractivity contribution in [1.82, 2.24) is 46.6 Å². The van der Waals surface area contributed by atoms with E-state index in [1.54, 1.807) is 23.8 Å². The standard InChI is InChI=1S/C60H94N10O17/c1-15-36(6)53(69(12)59(80)51(34(2)3)67-58(79)52(35(4)5)68(10)11)45(83-13)33-49(74)70-26-16-17-43(70)54(84-14)37(7)55(76)66-42(60(81)82)32-40-18-19-44-41(31-40)65-57(78)39(9)64-56(77)38(8)63-48(73)22-27-85-29-24-61-46(71)20-21-47(72)62-25-30-86-28-23-50(75)87-44/h18-19,31,34-39,42-43,45,51-54H,15-17,22-30,32-33H2,1-14H3,(H,61,71)(H,62,72)(H,63,73)(H,64,77)(H,65,78)(H,66,76)(H,67,79)(H,81,82)/t36-,37+,38-,39-,42-,43-,45+,51-,52-,53-,54+/m0/s1. The van der Waals surface area contributed by atoms with Gasteiger partial charge in [0.05, 0.1) is 81.2 Å². The summed E-state index contributed by atoms with van der Waals surface area (Å²) < 4.78 is 28.4. The fourth-order valence-corrected chi connectivity index (χ4v) is 10.4. The molecule has 0 spiro atoms. The highest BCUT2D eigenvalue weighted by Gasteiger charge is 2.44. The van der Waals surface area contributed by atoms with Gasteiger partial charge < -0.3 is 75.8 Å². The van der Waals surface area contributed by atoms with Crippen LogP contribution in [0.1, 0.15) is 106 Å². The molecular formula is C60H94N10O17. The Labute approximate surface area is 510 Å².